The third-order valence-electron chi connectivity index (χ3n) is 3.17. The molecule has 0 radical (unpaired) electrons. The topological polar surface area (TPSA) is 80.0 Å². The zero-order valence-corrected chi connectivity index (χ0v) is 17.3. The van der Waals surface area contributed by atoms with Crippen LogP contribution in [0.1, 0.15) is 37.3 Å². The molecule has 0 aromatic carbocycles. The Morgan fingerprint density at radius 1 is 1.30 bits per heavy atom. The first-order valence-corrected chi connectivity index (χ1v) is 8.00. The smallest absolute Gasteiger partial charge is 0.191 e. The van der Waals surface area contributed by atoms with Gasteiger partial charge in [-0.25, -0.2) is 9.97 Å². The van der Waals surface area contributed by atoms with Gasteiger partial charge >= 0.3 is 0 Å². The maximum absolute atomic E-state index is 4.66. The van der Waals surface area contributed by atoms with Gasteiger partial charge in [0.1, 0.15) is 17.2 Å². The van der Waals surface area contributed by atoms with Crippen molar-refractivity contribution in [3.63, 3.8) is 0 Å². The largest absolute Gasteiger partial charge is 0.350 e. The number of rotatable bonds is 4. The van der Waals surface area contributed by atoms with E-state index in [0.717, 1.165) is 22.5 Å². The Labute approximate surface area is 158 Å². The molecule has 0 aliphatic carbocycles. The molecule has 0 bridgehead atoms. The number of thiazole rings is 1. The summed E-state index contributed by atoms with van der Waals surface area (Å²) in [5, 5.41) is 13.7. The van der Waals surface area contributed by atoms with Gasteiger partial charge in [0.2, 0.25) is 0 Å². The Morgan fingerprint density at radius 2 is 2.00 bits per heavy atom. The normalized spacial score (nSPS) is 12.0. The molecule has 128 valence electrons. The molecule has 2 N–H and O–H groups in total. The Hall–Kier alpha value is -1.23. The predicted octanol–water partition coefficient (Wildman–Crippen LogP) is 2.05. The van der Waals surface area contributed by atoms with Gasteiger partial charge in [-0.15, -0.1) is 35.3 Å². The molecule has 23 heavy (non-hydrogen) atoms. The van der Waals surface area contributed by atoms with E-state index in [-0.39, 0.29) is 29.4 Å². The van der Waals surface area contributed by atoms with Crippen LogP contribution in [0.15, 0.2) is 16.7 Å². The first kappa shape index (κ1) is 19.8. The minimum absolute atomic E-state index is 0. The second kappa shape index (κ2) is 8.57. The minimum Gasteiger partial charge on any atom is -0.350 e. The molecule has 0 saturated heterocycles. The van der Waals surface area contributed by atoms with Crippen molar-refractivity contribution >= 4 is 41.3 Å². The lowest BCUT2D eigenvalue weighted by Gasteiger charge is -2.14. The lowest BCUT2D eigenvalue weighted by Crippen LogP contribution is -2.37. The molecule has 0 atom stereocenters. The average molecular weight is 449 g/mol. The molecule has 2 rings (SSSR count). The third-order valence-corrected chi connectivity index (χ3v) is 4.02. The Morgan fingerprint density at radius 3 is 2.52 bits per heavy atom. The van der Waals surface area contributed by atoms with Crippen LogP contribution in [0.4, 0.5) is 0 Å². The van der Waals surface area contributed by atoms with E-state index in [1.165, 1.54) is 6.33 Å². The van der Waals surface area contributed by atoms with Gasteiger partial charge in [0.25, 0.3) is 0 Å². The molecule has 0 spiro atoms. The monoisotopic (exact) mass is 449 g/mol. The number of aliphatic imine (C=N–C) groups is 1. The van der Waals surface area contributed by atoms with Crippen LogP contribution in [0.5, 0.6) is 0 Å². The van der Waals surface area contributed by atoms with Crippen molar-refractivity contribution in [1.29, 1.82) is 0 Å². The van der Waals surface area contributed by atoms with E-state index in [0.29, 0.717) is 13.1 Å². The zero-order valence-electron chi connectivity index (χ0n) is 14.1. The lowest BCUT2D eigenvalue weighted by atomic mass is 9.93. The Balaban J connectivity index is 0.00000264. The van der Waals surface area contributed by atoms with E-state index in [1.807, 2.05) is 7.05 Å². The summed E-state index contributed by atoms with van der Waals surface area (Å²) in [6.07, 6.45) is 1.54. The Bertz CT molecular complexity index is 642. The van der Waals surface area contributed by atoms with Crippen LogP contribution in [0.3, 0.4) is 0 Å². The zero-order chi connectivity index (χ0) is 16.2. The highest BCUT2D eigenvalue weighted by Crippen LogP contribution is 2.23. The van der Waals surface area contributed by atoms with Gasteiger partial charge < -0.3 is 10.6 Å². The van der Waals surface area contributed by atoms with E-state index in [2.05, 4.69) is 56.8 Å². The van der Waals surface area contributed by atoms with Gasteiger partial charge in [-0.1, -0.05) is 20.8 Å². The first-order valence-electron chi connectivity index (χ1n) is 7.12. The number of hydrogen-bond donors (Lipinski definition) is 2. The summed E-state index contributed by atoms with van der Waals surface area (Å²) in [5.74, 6) is 1.57. The summed E-state index contributed by atoms with van der Waals surface area (Å²) in [4.78, 5) is 13.0. The third kappa shape index (κ3) is 5.72. The molecule has 2 heterocycles. The van der Waals surface area contributed by atoms with Gasteiger partial charge in [0.05, 0.1) is 18.8 Å². The lowest BCUT2D eigenvalue weighted by molar-refractivity contribution is 0.570. The number of guanidine groups is 1. The van der Waals surface area contributed by atoms with E-state index >= 15 is 0 Å². The standard InChI is InChI=1S/C14H23N7S.HI/c1-14(2,3)10-8-22-12(20-10)7-17-13(15-4)16-6-11-18-9-19-21(11)5;/h8-9H,6-7H2,1-5H3,(H2,15,16,17);1H. The van der Waals surface area contributed by atoms with Crippen molar-refractivity contribution in [3.8, 4) is 0 Å². The van der Waals surface area contributed by atoms with Gasteiger partial charge in [-0.3, -0.25) is 9.67 Å². The Kier molecular flexibility index (Phi) is 7.39. The van der Waals surface area contributed by atoms with E-state index in [1.54, 1.807) is 23.1 Å². The number of nitrogens with zero attached hydrogens (tertiary/aromatic N) is 5. The van der Waals surface area contributed by atoms with Crippen LogP contribution in [0.25, 0.3) is 0 Å². The maximum Gasteiger partial charge on any atom is 0.191 e. The number of nitrogens with one attached hydrogen (secondary N) is 2. The molecule has 0 fully saturated rings. The van der Waals surface area contributed by atoms with Crippen LogP contribution < -0.4 is 10.6 Å². The number of aryl methyl sites for hydroxylation is 1. The highest BCUT2D eigenvalue weighted by molar-refractivity contribution is 14.0. The fourth-order valence-electron chi connectivity index (χ4n) is 1.76. The SMILES string of the molecule is CN=C(NCc1nc(C(C)(C)C)cs1)NCc1ncnn1C.I. The number of halogens is 1. The summed E-state index contributed by atoms with van der Waals surface area (Å²) >= 11 is 1.66. The van der Waals surface area contributed by atoms with Gasteiger partial charge in [0.15, 0.2) is 5.96 Å². The van der Waals surface area contributed by atoms with Crippen molar-refractivity contribution in [1.82, 2.24) is 30.4 Å². The molecule has 7 nitrogen and oxygen atoms in total. The molecule has 0 unspecified atom stereocenters. The van der Waals surface area contributed by atoms with E-state index in [9.17, 15) is 0 Å². The first-order chi connectivity index (χ1) is 10.4. The summed E-state index contributed by atoms with van der Waals surface area (Å²) in [5.41, 5.74) is 1.20. The summed E-state index contributed by atoms with van der Waals surface area (Å²) in [7, 11) is 3.61. The molecular formula is C14H24IN7S. The van der Waals surface area contributed by atoms with Crippen molar-refractivity contribution in [3.05, 3.63) is 28.2 Å². The summed E-state index contributed by atoms with van der Waals surface area (Å²) in [6, 6.07) is 0. The molecule has 0 saturated carbocycles. The van der Waals surface area contributed by atoms with Gasteiger partial charge in [-0.05, 0) is 0 Å². The second-order valence-corrected chi connectivity index (χ2v) is 6.90. The maximum atomic E-state index is 4.66. The second-order valence-electron chi connectivity index (χ2n) is 5.96. The molecule has 2 aromatic heterocycles. The fourth-order valence-corrected chi connectivity index (χ4v) is 2.72. The van der Waals surface area contributed by atoms with Crippen LogP contribution in [-0.2, 0) is 25.6 Å². The van der Waals surface area contributed by atoms with E-state index in [4.69, 9.17) is 0 Å². The van der Waals surface area contributed by atoms with Crippen LogP contribution in [-0.4, -0.2) is 32.8 Å². The van der Waals surface area contributed by atoms with Crippen molar-refractivity contribution in [2.45, 2.75) is 39.3 Å². The number of hydrogen-bond acceptors (Lipinski definition) is 5. The van der Waals surface area contributed by atoms with Crippen LogP contribution in [0, 0.1) is 0 Å². The quantitative estimate of drug-likeness (QED) is 0.425. The van der Waals surface area contributed by atoms with Crippen LogP contribution >= 0.6 is 35.3 Å². The molecular weight excluding hydrogens is 425 g/mol. The molecule has 0 aliphatic heterocycles. The van der Waals surface area contributed by atoms with Gasteiger partial charge in [-0.2, -0.15) is 5.10 Å². The molecule has 0 aliphatic rings. The summed E-state index contributed by atoms with van der Waals surface area (Å²) < 4.78 is 1.73. The molecule has 9 heteroatoms. The summed E-state index contributed by atoms with van der Waals surface area (Å²) in [6.45, 7) is 7.72. The van der Waals surface area contributed by atoms with Crippen molar-refractivity contribution in [2.75, 3.05) is 7.05 Å². The van der Waals surface area contributed by atoms with Crippen molar-refractivity contribution in [2.24, 2.45) is 12.0 Å². The number of aromatic nitrogens is 4. The highest BCUT2D eigenvalue weighted by atomic mass is 127. The van der Waals surface area contributed by atoms with Gasteiger partial charge in [0, 0.05) is 24.9 Å². The van der Waals surface area contributed by atoms with Crippen LogP contribution in [0.2, 0.25) is 0 Å². The predicted molar refractivity (Wildman–Crippen MR) is 104 cm³/mol. The van der Waals surface area contributed by atoms with Crippen molar-refractivity contribution < 1.29 is 0 Å². The minimum atomic E-state index is 0. The average Bonchev–Trinajstić information content (AvgIpc) is 3.08. The fraction of sp³-hybridized carbons (Fsp3) is 0.571. The van der Waals surface area contributed by atoms with E-state index < -0.39 is 0 Å². The molecule has 0 amide bonds. The highest BCUT2D eigenvalue weighted by Gasteiger charge is 2.17. The molecule has 2 aromatic rings.